The fourth-order valence-corrected chi connectivity index (χ4v) is 4.05. The maximum Gasteiger partial charge on any atom is 0.151 e. The molecular weight excluding hydrogens is 283 g/mol. The second-order valence-corrected chi connectivity index (χ2v) is 6.84. The molecule has 19 heavy (non-hydrogen) atoms. The molecule has 0 spiro atoms. The van der Waals surface area contributed by atoms with Crippen molar-refractivity contribution >= 4 is 34.4 Å². The van der Waals surface area contributed by atoms with Crippen molar-refractivity contribution in [1.29, 1.82) is 0 Å². The van der Waals surface area contributed by atoms with Gasteiger partial charge >= 0.3 is 0 Å². The highest BCUT2D eigenvalue weighted by Gasteiger charge is 2.22. The number of para-hydroxylation sites is 1. The van der Waals surface area contributed by atoms with E-state index < -0.39 is 0 Å². The molecule has 2 aromatic rings. The van der Waals surface area contributed by atoms with Gasteiger partial charge in [0.2, 0.25) is 0 Å². The largest absolute Gasteiger partial charge is 0.326 e. The minimum Gasteiger partial charge on any atom is -0.326 e. The van der Waals surface area contributed by atoms with E-state index in [0.717, 1.165) is 17.9 Å². The fraction of sp³-hybridized carbons (Fsp3) is 0.500. The molecule has 2 unspecified atom stereocenters. The minimum absolute atomic E-state index is 0.208. The van der Waals surface area contributed by atoms with Crippen LogP contribution in [0.5, 0.6) is 0 Å². The van der Waals surface area contributed by atoms with Gasteiger partial charge in [-0.3, -0.25) is 0 Å². The van der Waals surface area contributed by atoms with Gasteiger partial charge in [-0.1, -0.05) is 6.07 Å². The highest BCUT2D eigenvalue weighted by atomic mass is 35.5. The van der Waals surface area contributed by atoms with E-state index >= 15 is 0 Å². The first-order valence-corrected chi connectivity index (χ1v) is 8.12. The Bertz CT molecular complexity index is 590. The van der Waals surface area contributed by atoms with Gasteiger partial charge in [-0.05, 0) is 42.9 Å². The zero-order chi connectivity index (χ0) is 13.4. The molecule has 0 aliphatic carbocycles. The van der Waals surface area contributed by atoms with E-state index in [4.69, 9.17) is 11.6 Å². The van der Waals surface area contributed by atoms with Gasteiger partial charge in [-0.15, -0.1) is 11.6 Å². The first-order valence-electron chi connectivity index (χ1n) is 6.53. The standard InChI is InChI=1S/C14H16ClFN2S/c1-9(15)14-17-13-11(16)3-2-4-12(13)18(14)7-10-5-6-19-8-10/h2-4,9-10H,5-8H2,1H3. The van der Waals surface area contributed by atoms with E-state index in [9.17, 15) is 4.39 Å². The fourth-order valence-electron chi connectivity index (χ4n) is 2.61. The minimum atomic E-state index is -0.268. The third kappa shape index (κ3) is 2.48. The number of benzene rings is 1. The summed E-state index contributed by atoms with van der Waals surface area (Å²) in [7, 11) is 0. The Morgan fingerprint density at radius 1 is 1.58 bits per heavy atom. The SMILES string of the molecule is CC(Cl)c1nc2c(F)cccc2n1CC1CCSC1. The molecule has 0 saturated carbocycles. The number of nitrogens with zero attached hydrogens (tertiary/aromatic N) is 2. The maximum absolute atomic E-state index is 13.8. The normalized spacial score (nSPS) is 21.1. The predicted molar refractivity (Wildman–Crippen MR) is 79.4 cm³/mol. The molecule has 1 aliphatic heterocycles. The number of alkyl halides is 1. The molecule has 2 nitrogen and oxygen atoms in total. The summed E-state index contributed by atoms with van der Waals surface area (Å²) in [6.45, 7) is 2.78. The number of aromatic nitrogens is 2. The summed E-state index contributed by atoms with van der Waals surface area (Å²) in [5, 5.41) is -0.208. The molecule has 0 N–H and O–H groups in total. The van der Waals surface area contributed by atoms with Crippen molar-refractivity contribution in [2.24, 2.45) is 5.92 Å². The van der Waals surface area contributed by atoms with Gasteiger partial charge in [0.25, 0.3) is 0 Å². The van der Waals surface area contributed by atoms with Crippen molar-refractivity contribution < 1.29 is 4.39 Å². The molecule has 0 bridgehead atoms. The smallest absolute Gasteiger partial charge is 0.151 e. The topological polar surface area (TPSA) is 17.8 Å². The summed E-state index contributed by atoms with van der Waals surface area (Å²) in [5.41, 5.74) is 1.30. The van der Waals surface area contributed by atoms with Crippen LogP contribution in [0.15, 0.2) is 18.2 Å². The Hall–Kier alpha value is -0.740. The monoisotopic (exact) mass is 298 g/mol. The molecule has 1 aromatic carbocycles. The van der Waals surface area contributed by atoms with E-state index in [2.05, 4.69) is 9.55 Å². The Balaban J connectivity index is 2.08. The van der Waals surface area contributed by atoms with Gasteiger partial charge in [0.1, 0.15) is 11.3 Å². The number of hydrogen-bond donors (Lipinski definition) is 0. The average Bonchev–Trinajstić information content (AvgIpc) is 2.99. The molecule has 3 rings (SSSR count). The third-order valence-electron chi connectivity index (χ3n) is 3.58. The average molecular weight is 299 g/mol. The van der Waals surface area contributed by atoms with Crippen LogP contribution in [0, 0.1) is 11.7 Å². The van der Waals surface area contributed by atoms with E-state index in [1.54, 1.807) is 6.07 Å². The number of hydrogen-bond acceptors (Lipinski definition) is 2. The van der Waals surface area contributed by atoms with E-state index in [1.165, 1.54) is 24.0 Å². The lowest BCUT2D eigenvalue weighted by Crippen LogP contribution is -2.13. The van der Waals surface area contributed by atoms with Crippen LogP contribution in [0.1, 0.15) is 24.5 Å². The molecule has 1 aliphatic rings. The summed E-state index contributed by atoms with van der Waals surface area (Å²) < 4.78 is 15.9. The van der Waals surface area contributed by atoms with E-state index in [0.29, 0.717) is 11.4 Å². The van der Waals surface area contributed by atoms with Crippen LogP contribution in [0.25, 0.3) is 11.0 Å². The molecular formula is C14H16ClFN2S. The van der Waals surface area contributed by atoms with Gasteiger partial charge in [0.15, 0.2) is 5.82 Å². The maximum atomic E-state index is 13.8. The van der Waals surface area contributed by atoms with Gasteiger partial charge in [0.05, 0.1) is 10.9 Å². The molecule has 2 heterocycles. The molecule has 1 fully saturated rings. The Morgan fingerprint density at radius 3 is 3.11 bits per heavy atom. The molecule has 102 valence electrons. The predicted octanol–water partition coefficient (Wildman–Crippen LogP) is 4.23. The van der Waals surface area contributed by atoms with Crippen molar-refractivity contribution in [3.8, 4) is 0 Å². The van der Waals surface area contributed by atoms with Crippen molar-refractivity contribution in [1.82, 2.24) is 9.55 Å². The lowest BCUT2D eigenvalue weighted by molar-refractivity contribution is 0.488. The summed E-state index contributed by atoms with van der Waals surface area (Å²) in [6, 6.07) is 5.12. The van der Waals surface area contributed by atoms with Crippen LogP contribution < -0.4 is 0 Å². The zero-order valence-corrected chi connectivity index (χ0v) is 12.3. The highest BCUT2D eigenvalue weighted by molar-refractivity contribution is 7.99. The first kappa shape index (κ1) is 13.3. The number of fused-ring (bicyclic) bond motifs is 1. The van der Waals surface area contributed by atoms with Crippen LogP contribution in [0.4, 0.5) is 4.39 Å². The van der Waals surface area contributed by atoms with E-state index in [1.807, 2.05) is 24.8 Å². The van der Waals surface area contributed by atoms with Gasteiger partial charge < -0.3 is 4.57 Å². The van der Waals surface area contributed by atoms with Crippen LogP contribution in [-0.4, -0.2) is 21.1 Å². The summed E-state index contributed by atoms with van der Waals surface area (Å²) in [5.74, 6) is 3.54. The van der Waals surface area contributed by atoms with Crippen molar-refractivity contribution in [2.45, 2.75) is 25.3 Å². The quantitative estimate of drug-likeness (QED) is 0.789. The molecule has 0 radical (unpaired) electrons. The van der Waals surface area contributed by atoms with Gasteiger partial charge in [-0.2, -0.15) is 11.8 Å². The highest BCUT2D eigenvalue weighted by Crippen LogP contribution is 2.30. The lowest BCUT2D eigenvalue weighted by Gasteiger charge is -2.14. The van der Waals surface area contributed by atoms with Crippen LogP contribution in [0.3, 0.4) is 0 Å². The molecule has 0 amide bonds. The second kappa shape index (κ2) is 5.33. The lowest BCUT2D eigenvalue weighted by atomic mass is 10.1. The Morgan fingerprint density at radius 2 is 2.42 bits per heavy atom. The molecule has 1 saturated heterocycles. The van der Waals surface area contributed by atoms with Crippen molar-refractivity contribution in [3.63, 3.8) is 0 Å². The van der Waals surface area contributed by atoms with Crippen LogP contribution in [0.2, 0.25) is 0 Å². The van der Waals surface area contributed by atoms with Gasteiger partial charge in [-0.25, -0.2) is 9.37 Å². The second-order valence-electron chi connectivity index (χ2n) is 5.03. The number of halogens is 2. The number of thioether (sulfide) groups is 1. The Kier molecular flexibility index (Phi) is 3.72. The van der Waals surface area contributed by atoms with Crippen LogP contribution >= 0.6 is 23.4 Å². The van der Waals surface area contributed by atoms with Crippen molar-refractivity contribution in [2.75, 3.05) is 11.5 Å². The van der Waals surface area contributed by atoms with Crippen molar-refractivity contribution in [3.05, 3.63) is 29.8 Å². The van der Waals surface area contributed by atoms with Crippen LogP contribution in [-0.2, 0) is 6.54 Å². The molecule has 5 heteroatoms. The number of imidazole rings is 1. The molecule has 2 atom stereocenters. The molecule has 1 aromatic heterocycles. The zero-order valence-electron chi connectivity index (χ0n) is 10.8. The summed E-state index contributed by atoms with van der Waals surface area (Å²) in [6.07, 6.45) is 1.22. The Labute approximate surface area is 121 Å². The first-order chi connectivity index (χ1) is 9.16. The third-order valence-corrected chi connectivity index (χ3v) is 5.01. The van der Waals surface area contributed by atoms with Gasteiger partial charge in [0, 0.05) is 6.54 Å². The summed E-state index contributed by atoms with van der Waals surface area (Å²) in [4.78, 5) is 4.40. The summed E-state index contributed by atoms with van der Waals surface area (Å²) >= 11 is 8.19. The number of rotatable bonds is 3. The van der Waals surface area contributed by atoms with E-state index in [-0.39, 0.29) is 11.2 Å².